The maximum Gasteiger partial charge on any atom is 0.248 e. The molecule has 1 aromatic heterocycles. The molecule has 5 heteroatoms. The normalized spacial score (nSPS) is 10.5. The van der Waals surface area contributed by atoms with Crippen LogP contribution < -0.4 is 11.5 Å². The quantitative estimate of drug-likeness (QED) is 0.691. The van der Waals surface area contributed by atoms with Crippen LogP contribution in [0.5, 0.6) is 5.75 Å². The molecule has 1 amide bonds. The maximum absolute atomic E-state index is 11.3. The molecule has 5 nitrogen and oxygen atoms in total. The standard InChI is InChI=1S/C17H14N2O3/c18-16(21)12-8-4-7-11(9-12)13-14(20)15(22-17(13)19)10-5-2-1-3-6-10/h1-9,20H,19H2,(H2,18,21). The molecule has 0 saturated heterocycles. The van der Waals surface area contributed by atoms with Gasteiger partial charge in [-0.1, -0.05) is 42.5 Å². The van der Waals surface area contributed by atoms with E-state index < -0.39 is 5.91 Å². The third-order valence-corrected chi connectivity index (χ3v) is 3.38. The Balaban J connectivity index is 2.15. The van der Waals surface area contributed by atoms with E-state index in [1.165, 1.54) is 0 Å². The fraction of sp³-hybridized carbons (Fsp3) is 0. The second kappa shape index (κ2) is 5.29. The summed E-state index contributed by atoms with van der Waals surface area (Å²) in [6.45, 7) is 0. The number of carbonyl (C=O) groups is 1. The molecule has 110 valence electrons. The molecule has 0 bridgehead atoms. The minimum atomic E-state index is -0.549. The van der Waals surface area contributed by atoms with Gasteiger partial charge in [0.05, 0.1) is 5.56 Å². The van der Waals surface area contributed by atoms with Gasteiger partial charge in [-0.25, -0.2) is 0 Å². The van der Waals surface area contributed by atoms with E-state index in [1.807, 2.05) is 30.3 Å². The summed E-state index contributed by atoms with van der Waals surface area (Å²) in [7, 11) is 0. The molecular formula is C17H14N2O3. The van der Waals surface area contributed by atoms with Crippen LogP contribution >= 0.6 is 0 Å². The highest BCUT2D eigenvalue weighted by Crippen LogP contribution is 2.44. The van der Waals surface area contributed by atoms with E-state index in [2.05, 4.69) is 0 Å². The van der Waals surface area contributed by atoms with Gasteiger partial charge in [0.2, 0.25) is 11.8 Å². The molecule has 0 radical (unpaired) electrons. The number of carbonyl (C=O) groups excluding carboxylic acids is 1. The molecule has 0 atom stereocenters. The summed E-state index contributed by atoms with van der Waals surface area (Å²) < 4.78 is 5.50. The van der Waals surface area contributed by atoms with E-state index >= 15 is 0 Å². The van der Waals surface area contributed by atoms with Gasteiger partial charge in [0.25, 0.3) is 0 Å². The van der Waals surface area contributed by atoms with Crippen molar-refractivity contribution >= 4 is 11.8 Å². The molecule has 0 spiro atoms. The van der Waals surface area contributed by atoms with Crippen molar-refractivity contribution in [2.75, 3.05) is 5.73 Å². The number of benzene rings is 2. The van der Waals surface area contributed by atoms with Crippen molar-refractivity contribution in [1.82, 2.24) is 0 Å². The molecule has 0 aliphatic heterocycles. The summed E-state index contributed by atoms with van der Waals surface area (Å²) in [4.78, 5) is 11.3. The number of amides is 1. The summed E-state index contributed by atoms with van der Waals surface area (Å²) in [6, 6.07) is 15.7. The lowest BCUT2D eigenvalue weighted by atomic mass is 10.0. The van der Waals surface area contributed by atoms with E-state index in [0.717, 1.165) is 0 Å². The first-order valence-electron chi connectivity index (χ1n) is 6.65. The van der Waals surface area contributed by atoms with Crippen LogP contribution in [-0.2, 0) is 0 Å². The van der Waals surface area contributed by atoms with Gasteiger partial charge >= 0.3 is 0 Å². The number of anilines is 1. The zero-order chi connectivity index (χ0) is 15.7. The van der Waals surface area contributed by atoms with E-state index in [4.69, 9.17) is 15.9 Å². The SMILES string of the molecule is NC(=O)c1cccc(-c2c(N)oc(-c3ccccc3)c2O)c1. The topological polar surface area (TPSA) is 102 Å². The van der Waals surface area contributed by atoms with E-state index in [9.17, 15) is 9.90 Å². The van der Waals surface area contributed by atoms with Crippen LogP contribution in [0.4, 0.5) is 5.88 Å². The highest BCUT2D eigenvalue weighted by molar-refractivity contribution is 5.95. The molecule has 3 aromatic rings. The summed E-state index contributed by atoms with van der Waals surface area (Å²) >= 11 is 0. The number of hydrogen-bond acceptors (Lipinski definition) is 4. The minimum absolute atomic E-state index is 0.0645. The predicted octanol–water partition coefficient (Wildman–Crippen LogP) is 3.00. The van der Waals surface area contributed by atoms with Gasteiger partial charge in [0.15, 0.2) is 11.5 Å². The minimum Gasteiger partial charge on any atom is -0.504 e. The first-order valence-corrected chi connectivity index (χ1v) is 6.65. The molecule has 2 aromatic carbocycles. The van der Waals surface area contributed by atoms with Crippen LogP contribution in [-0.4, -0.2) is 11.0 Å². The maximum atomic E-state index is 11.3. The number of hydrogen-bond donors (Lipinski definition) is 3. The fourth-order valence-electron chi connectivity index (χ4n) is 2.33. The Morgan fingerprint density at radius 2 is 1.68 bits per heavy atom. The van der Waals surface area contributed by atoms with Crippen molar-refractivity contribution in [3.05, 3.63) is 60.2 Å². The summed E-state index contributed by atoms with van der Waals surface area (Å²) in [5, 5.41) is 10.5. The van der Waals surface area contributed by atoms with Gasteiger partial charge in [0.1, 0.15) is 0 Å². The molecule has 0 aliphatic carbocycles. The molecule has 0 fully saturated rings. The van der Waals surface area contributed by atoms with E-state index in [-0.39, 0.29) is 17.4 Å². The number of primary amides is 1. The second-order valence-corrected chi connectivity index (χ2v) is 4.83. The lowest BCUT2D eigenvalue weighted by Crippen LogP contribution is -2.10. The lowest BCUT2D eigenvalue weighted by Gasteiger charge is -2.02. The van der Waals surface area contributed by atoms with E-state index in [1.54, 1.807) is 24.3 Å². The summed E-state index contributed by atoms with van der Waals surface area (Å²) in [6.07, 6.45) is 0. The first-order chi connectivity index (χ1) is 10.6. The summed E-state index contributed by atoms with van der Waals surface area (Å²) in [5.74, 6) is -0.243. The van der Waals surface area contributed by atoms with Crippen molar-refractivity contribution in [2.24, 2.45) is 5.73 Å². The van der Waals surface area contributed by atoms with Crippen molar-refractivity contribution in [2.45, 2.75) is 0 Å². The largest absolute Gasteiger partial charge is 0.504 e. The molecule has 0 unspecified atom stereocenters. The Morgan fingerprint density at radius 1 is 1.00 bits per heavy atom. The molecule has 0 saturated carbocycles. The summed E-state index contributed by atoms with van der Waals surface area (Å²) in [5.41, 5.74) is 13.1. The van der Waals surface area contributed by atoms with Gasteiger partial charge in [-0.3, -0.25) is 4.79 Å². The van der Waals surface area contributed by atoms with Crippen molar-refractivity contribution in [3.8, 4) is 28.2 Å². The first kappa shape index (κ1) is 13.8. The number of rotatable bonds is 3. The van der Waals surface area contributed by atoms with Gasteiger partial charge in [-0.2, -0.15) is 0 Å². The number of nitrogen functional groups attached to an aromatic ring is 1. The Hall–Kier alpha value is -3.21. The molecule has 0 aliphatic rings. The smallest absolute Gasteiger partial charge is 0.248 e. The van der Waals surface area contributed by atoms with Crippen LogP contribution in [0.25, 0.3) is 22.5 Å². The lowest BCUT2D eigenvalue weighted by molar-refractivity contribution is 0.100. The van der Waals surface area contributed by atoms with Crippen LogP contribution in [0.1, 0.15) is 10.4 Å². The third kappa shape index (κ3) is 2.29. The van der Waals surface area contributed by atoms with Gasteiger partial charge in [-0.05, 0) is 17.7 Å². The van der Waals surface area contributed by atoms with Gasteiger partial charge in [0, 0.05) is 11.1 Å². The molecule has 1 heterocycles. The average molecular weight is 294 g/mol. The average Bonchev–Trinajstić information content (AvgIpc) is 2.83. The Labute approximate surface area is 126 Å². The number of aromatic hydroxyl groups is 1. The molecule has 5 N–H and O–H groups in total. The Bertz CT molecular complexity index is 838. The molecule has 22 heavy (non-hydrogen) atoms. The Morgan fingerprint density at radius 3 is 2.36 bits per heavy atom. The van der Waals surface area contributed by atoms with Crippen LogP contribution in [0, 0.1) is 0 Å². The second-order valence-electron chi connectivity index (χ2n) is 4.83. The monoisotopic (exact) mass is 294 g/mol. The molecule has 3 rings (SSSR count). The number of nitrogens with two attached hydrogens (primary N) is 2. The zero-order valence-corrected chi connectivity index (χ0v) is 11.6. The third-order valence-electron chi connectivity index (χ3n) is 3.38. The fourth-order valence-corrected chi connectivity index (χ4v) is 2.33. The van der Waals surface area contributed by atoms with Crippen molar-refractivity contribution < 1.29 is 14.3 Å². The zero-order valence-electron chi connectivity index (χ0n) is 11.6. The van der Waals surface area contributed by atoms with E-state index in [0.29, 0.717) is 22.3 Å². The van der Waals surface area contributed by atoms with Crippen molar-refractivity contribution in [1.29, 1.82) is 0 Å². The van der Waals surface area contributed by atoms with Gasteiger partial charge < -0.3 is 21.0 Å². The number of furan rings is 1. The Kier molecular flexibility index (Phi) is 3.31. The van der Waals surface area contributed by atoms with Crippen LogP contribution in [0.2, 0.25) is 0 Å². The highest BCUT2D eigenvalue weighted by atomic mass is 16.4. The van der Waals surface area contributed by atoms with Crippen LogP contribution in [0.15, 0.2) is 59.0 Å². The van der Waals surface area contributed by atoms with Crippen LogP contribution in [0.3, 0.4) is 0 Å². The van der Waals surface area contributed by atoms with Gasteiger partial charge in [-0.15, -0.1) is 0 Å². The highest BCUT2D eigenvalue weighted by Gasteiger charge is 2.21. The predicted molar refractivity (Wildman–Crippen MR) is 84.2 cm³/mol. The van der Waals surface area contributed by atoms with Crippen molar-refractivity contribution in [3.63, 3.8) is 0 Å². The molecular weight excluding hydrogens is 280 g/mol.